The van der Waals surface area contributed by atoms with E-state index in [9.17, 15) is 4.79 Å². The highest BCUT2D eigenvalue weighted by Crippen LogP contribution is 2.25. The molecular formula is C14H14N4OS. The summed E-state index contributed by atoms with van der Waals surface area (Å²) in [6.45, 7) is 5.62. The van der Waals surface area contributed by atoms with E-state index in [4.69, 9.17) is 0 Å². The second kappa shape index (κ2) is 4.72. The van der Waals surface area contributed by atoms with Crippen LogP contribution in [0.4, 0.5) is 5.69 Å². The van der Waals surface area contributed by atoms with Crippen LogP contribution in [0.5, 0.6) is 0 Å². The van der Waals surface area contributed by atoms with E-state index in [-0.39, 0.29) is 5.91 Å². The van der Waals surface area contributed by atoms with Crippen molar-refractivity contribution in [2.75, 3.05) is 5.32 Å². The van der Waals surface area contributed by atoms with Crippen molar-refractivity contribution in [3.63, 3.8) is 0 Å². The van der Waals surface area contributed by atoms with E-state index in [0.717, 1.165) is 26.6 Å². The zero-order valence-corrected chi connectivity index (χ0v) is 12.3. The van der Waals surface area contributed by atoms with E-state index in [1.807, 2.05) is 39.0 Å². The average molecular weight is 286 g/mol. The topological polar surface area (TPSA) is 70.7 Å². The van der Waals surface area contributed by atoms with Crippen LogP contribution in [-0.2, 0) is 0 Å². The molecule has 1 aromatic carbocycles. The Bertz CT molecular complexity index is 783. The third-order valence-corrected chi connectivity index (χ3v) is 4.04. The number of benzene rings is 1. The summed E-state index contributed by atoms with van der Waals surface area (Å²) < 4.78 is 1.07. The molecule has 2 aromatic heterocycles. The quantitative estimate of drug-likeness (QED) is 0.760. The molecule has 0 fully saturated rings. The minimum Gasteiger partial charge on any atom is -0.322 e. The van der Waals surface area contributed by atoms with Crippen molar-refractivity contribution in [3.05, 3.63) is 40.2 Å². The molecule has 102 valence electrons. The van der Waals surface area contributed by atoms with Crippen molar-refractivity contribution in [2.24, 2.45) is 0 Å². The van der Waals surface area contributed by atoms with Gasteiger partial charge in [0.25, 0.3) is 5.91 Å². The number of aromatic nitrogens is 3. The summed E-state index contributed by atoms with van der Waals surface area (Å²) in [5, 5.41) is 10.8. The lowest BCUT2D eigenvalue weighted by Gasteiger charge is -2.05. The number of carbonyl (C=O) groups excluding carboxylic acids is 1. The number of rotatable bonds is 2. The Labute approximate surface area is 120 Å². The molecule has 0 saturated carbocycles. The molecule has 20 heavy (non-hydrogen) atoms. The lowest BCUT2D eigenvalue weighted by Crippen LogP contribution is -2.13. The van der Waals surface area contributed by atoms with E-state index in [2.05, 4.69) is 20.5 Å². The highest BCUT2D eigenvalue weighted by Gasteiger charge is 2.15. The van der Waals surface area contributed by atoms with E-state index in [1.54, 1.807) is 11.3 Å². The van der Waals surface area contributed by atoms with Gasteiger partial charge in [0, 0.05) is 11.4 Å². The maximum atomic E-state index is 12.3. The number of hydrogen-bond acceptors (Lipinski definition) is 4. The van der Waals surface area contributed by atoms with Gasteiger partial charge in [-0.05, 0) is 39.0 Å². The summed E-state index contributed by atoms with van der Waals surface area (Å²) in [6.07, 6.45) is 0. The predicted octanol–water partition coefficient (Wildman–Crippen LogP) is 3.20. The van der Waals surface area contributed by atoms with Gasteiger partial charge in [-0.1, -0.05) is 0 Å². The van der Waals surface area contributed by atoms with Crippen LogP contribution in [-0.4, -0.2) is 21.1 Å². The molecule has 0 unspecified atom stereocenters. The van der Waals surface area contributed by atoms with Crippen LogP contribution in [0, 0.1) is 20.8 Å². The Hall–Kier alpha value is -2.21. The molecule has 3 aromatic rings. The van der Waals surface area contributed by atoms with Gasteiger partial charge < -0.3 is 5.32 Å². The first-order valence-electron chi connectivity index (χ1n) is 6.24. The number of anilines is 1. The van der Waals surface area contributed by atoms with Crippen molar-refractivity contribution in [1.82, 2.24) is 15.2 Å². The number of amides is 1. The molecule has 0 saturated heterocycles. The number of aryl methyl sites for hydroxylation is 3. The Morgan fingerprint density at radius 1 is 1.30 bits per heavy atom. The smallest absolute Gasteiger partial charge is 0.259 e. The highest BCUT2D eigenvalue weighted by atomic mass is 32.1. The maximum Gasteiger partial charge on any atom is 0.259 e. The van der Waals surface area contributed by atoms with Gasteiger partial charge in [-0.15, -0.1) is 11.3 Å². The molecule has 3 rings (SSSR count). The molecule has 5 nitrogen and oxygen atoms in total. The first-order valence-corrected chi connectivity index (χ1v) is 7.06. The summed E-state index contributed by atoms with van der Waals surface area (Å²) in [7, 11) is 0. The first-order chi connectivity index (χ1) is 9.54. The number of H-pyrrole nitrogens is 1. The Morgan fingerprint density at radius 2 is 2.10 bits per heavy atom. The average Bonchev–Trinajstić information content (AvgIpc) is 2.91. The predicted molar refractivity (Wildman–Crippen MR) is 80.4 cm³/mol. The lowest BCUT2D eigenvalue weighted by molar-refractivity contribution is 0.102. The molecule has 0 aliphatic heterocycles. The van der Waals surface area contributed by atoms with Crippen molar-refractivity contribution in [1.29, 1.82) is 0 Å². The van der Waals surface area contributed by atoms with Crippen LogP contribution in [0.15, 0.2) is 18.2 Å². The van der Waals surface area contributed by atoms with Gasteiger partial charge in [0.1, 0.15) is 0 Å². The molecule has 0 spiro atoms. The fourth-order valence-electron chi connectivity index (χ4n) is 2.20. The van der Waals surface area contributed by atoms with E-state index >= 15 is 0 Å². The third-order valence-electron chi connectivity index (χ3n) is 3.11. The summed E-state index contributed by atoms with van der Waals surface area (Å²) in [6, 6.07) is 5.73. The van der Waals surface area contributed by atoms with Crippen LogP contribution in [0.3, 0.4) is 0 Å². The molecule has 0 radical (unpaired) electrons. The molecule has 0 aliphatic carbocycles. The molecule has 0 bridgehead atoms. The van der Waals surface area contributed by atoms with Crippen molar-refractivity contribution >= 4 is 33.1 Å². The number of thiazole rings is 1. The van der Waals surface area contributed by atoms with Gasteiger partial charge in [0.2, 0.25) is 0 Å². The minimum atomic E-state index is -0.144. The molecular weight excluding hydrogens is 272 g/mol. The van der Waals surface area contributed by atoms with Gasteiger partial charge in [-0.25, -0.2) is 4.98 Å². The fourth-order valence-corrected chi connectivity index (χ4v) is 3.06. The van der Waals surface area contributed by atoms with E-state index in [0.29, 0.717) is 11.3 Å². The van der Waals surface area contributed by atoms with Gasteiger partial charge in [0.15, 0.2) is 0 Å². The monoisotopic (exact) mass is 286 g/mol. The normalized spacial score (nSPS) is 10.9. The fraction of sp³-hybridized carbons (Fsp3) is 0.214. The molecule has 0 aliphatic rings. The summed E-state index contributed by atoms with van der Waals surface area (Å²) in [4.78, 5) is 16.7. The van der Waals surface area contributed by atoms with Crippen LogP contribution in [0.25, 0.3) is 10.2 Å². The van der Waals surface area contributed by atoms with Crippen molar-refractivity contribution in [3.8, 4) is 0 Å². The number of nitrogens with zero attached hydrogens (tertiary/aromatic N) is 2. The van der Waals surface area contributed by atoms with Crippen LogP contribution < -0.4 is 5.32 Å². The van der Waals surface area contributed by atoms with Gasteiger partial charge >= 0.3 is 0 Å². The number of nitrogens with one attached hydrogen (secondary N) is 2. The van der Waals surface area contributed by atoms with Crippen molar-refractivity contribution < 1.29 is 4.79 Å². The van der Waals surface area contributed by atoms with Gasteiger partial charge in [-0.3, -0.25) is 9.89 Å². The third kappa shape index (κ3) is 2.18. The number of aromatic amines is 1. The standard InChI is InChI=1S/C14H14N4OS/c1-7-13(8(2)18-17-7)14(19)16-10-4-5-11-12(6-10)20-9(3)15-11/h4-6H,1-3H3,(H,16,19)(H,17,18). The van der Waals surface area contributed by atoms with Crippen LogP contribution in [0.1, 0.15) is 26.8 Å². The Kier molecular flexibility index (Phi) is 3.02. The minimum absolute atomic E-state index is 0.144. The molecule has 0 atom stereocenters. The van der Waals surface area contributed by atoms with E-state index < -0.39 is 0 Å². The Morgan fingerprint density at radius 3 is 2.80 bits per heavy atom. The number of hydrogen-bond donors (Lipinski definition) is 2. The summed E-state index contributed by atoms with van der Waals surface area (Å²) in [5.41, 5.74) is 3.81. The van der Waals surface area contributed by atoms with Crippen molar-refractivity contribution in [2.45, 2.75) is 20.8 Å². The number of fused-ring (bicyclic) bond motifs is 1. The summed E-state index contributed by atoms with van der Waals surface area (Å²) in [5.74, 6) is -0.144. The zero-order valence-electron chi connectivity index (χ0n) is 11.4. The second-order valence-corrected chi connectivity index (χ2v) is 5.91. The van der Waals surface area contributed by atoms with Crippen LogP contribution >= 0.6 is 11.3 Å². The maximum absolute atomic E-state index is 12.3. The van der Waals surface area contributed by atoms with Gasteiger partial charge in [-0.2, -0.15) is 5.10 Å². The second-order valence-electron chi connectivity index (χ2n) is 4.68. The number of carbonyl (C=O) groups is 1. The molecule has 2 heterocycles. The Balaban J connectivity index is 1.91. The molecule has 6 heteroatoms. The SMILES string of the molecule is Cc1nc2ccc(NC(=O)c3c(C)n[nH]c3C)cc2s1. The first kappa shape index (κ1) is 12.8. The zero-order chi connectivity index (χ0) is 14.3. The highest BCUT2D eigenvalue weighted by molar-refractivity contribution is 7.18. The van der Waals surface area contributed by atoms with Gasteiger partial charge in [0.05, 0.1) is 26.5 Å². The summed E-state index contributed by atoms with van der Waals surface area (Å²) >= 11 is 1.62. The molecule has 2 N–H and O–H groups in total. The largest absolute Gasteiger partial charge is 0.322 e. The van der Waals surface area contributed by atoms with E-state index in [1.165, 1.54) is 0 Å². The molecule has 1 amide bonds. The van der Waals surface area contributed by atoms with Crippen LogP contribution in [0.2, 0.25) is 0 Å². The lowest BCUT2D eigenvalue weighted by atomic mass is 10.2.